The number of carbonyl (C=O) groups excluding carboxylic acids is 2. The van der Waals surface area contributed by atoms with Crippen molar-refractivity contribution in [3.05, 3.63) is 82.9 Å². The predicted octanol–water partition coefficient (Wildman–Crippen LogP) is 4.11. The summed E-state index contributed by atoms with van der Waals surface area (Å²) in [5.41, 5.74) is 0.644. The molecule has 1 N–H and O–H groups in total. The second-order valence-corrected chi connectivity index (χ2v) is 17.3. The first kappa shape index (κ1) is 26.5. The van der Waals surface area contributed by atoms with E-state index in [9.17, 15) is 9.59 Å². The van der Waals surface area contributed by atoms with E-state index in [0.717, 1.165) is 15.1 Å². The number of fused-ring (bicyclic) bond motifs is 1. The highest BCUT2D eigenvalue weighted by Crippen LogP contribution is 2.48. The summed E-state index contributed by atoms with van der Waals surface area (Å²) in [6.45, 7) is 8.05. The number of aromatic nitrogens is 1. The zero-order chi connectivity index (χ0) is 26.9. The second-order valence-electron chi connectivity index (χ2n) is 10.5. The van der Waals surface area contributed by atoms with Crippen LogP contribution in [-0.2, 0) is 21.7 Å². The van der Waals surface area contributed by atoms with Crippen molar-refractivity contribution in [1.82, 2.24) is 20.3 Å². The third-order valence-electron chi connectivity index (χ3n) is 6.79. The average Bonchev–Trinajstić information content (AvgIpc) is 3.62. The van der Waals surface area contributed by atoms with E-state index in [1.165, 1.54) is 0 Å². The Kier molecular flexibility index (Phi) is 7.36. The van der Waals surface area contributed by atoms with E-state index < -0.39 is 19.7 Å². The van der Waals surface area contributed by atoms with Gasteiger partial charge in [0, 0.05) is 24.2 Å². The van der Waals surface area contributed by atoms with Crippen LogP contribution in [0.1, 0.15) is 20.8 Å². The van der Waals surface area contributed by atoms with Crippen LogP contribution in [-0.4, -0.2) is 59.8 Å². The molecule has 11 heteroatoms. The summed E-state index contributed by atoms with van der Waals surface area (Å²) in [5, 5.41) is 4.59. The molecule has 2 saturated heterocycles. The van der Waals surface area contributed by atoms with Crippen LogP contribution >= 0.6 is 23.6 Å². The lowest BCUT2D eigenvalue weighted by molar-refractivity contribution is -0.103. The second kappa shape index (κ2) is 10.6. The van der Waals surface area contributed by atoms with Crippen LogP contribution in [0.3, 0.4) is 0 Å². The highest BCUT2D eigenvalue weighted by Gasteiger charge is 2.60. The topological polar surface area (TPSA) is 84.0 Å². The number of thiazole rings is 1. The molecule has 0 aliphatic carbocycles. The fourth-order valence-electron chi connectivity index (χ4n) is 4.80. The van der Waals surface area contributed by atoms with E-state index in [1.54, 1.807) is 45.6 Å². The number of carbonyl (C=O) groups is 2. The van der Waals surface area contributed by atoms with Gasteiger partial charge in [0.1, 0.15) is 20.2 Å². The number of nitrogens with one attached hydrogen (secondary N) is 1. The molecule has 3 heterocycles. The van der Waals surface area contributed by atoms with Gasteiger partial charge in [-0.2, -0.15) is 0 Å². The van der Waals surface area contributed by atoms with E-state index in [1.807, 2.05) is 42.6 Å². The molecule has 38 heavy (non-hydrogen) atoms. The summed E-state index contributed by atoms with van der Waals surface area (Å²) in [6.07, 6.45) is 1.49. The van der Waals surface area contributed by atoms with Gasteiger partial charge in [-0.25, -0.2) is 9.86 Å². The maximum atomic E-state index is 13.2. The van der Waals surface area contributed by atoms with Gasteiger partial charge in [0.15, 0.2) is 0 Å². The number of hydroxylamine groups is 2. The molecule has 1 aromatic heterocycles. The number of hydrogen-bond acceptors (Lipinski definition) is 7. The van der Waals surface area contributed by atoms with E-state index >= 15 is 0 Å². The minimum Gasteiger partial charge on any atom is -0.445 e. The number of thiocarbonyl (C=S) groups is 1. The third kappa shape index (κ3) is 5.11. The summed E-state index contributed by atoms with van der Waals surface area (Å²) in [5.74, 6) is -0.393. The number of likely N-dealkylation sites (tertiary alicyclic amines) is 1. The van der Waals surface area contributed by atoms with Gasteiger partial charge in [-0.3, -0.25) is 19.9 Å². The van der Waals surface area contributed by atoms with Crippen LogP contribution in [0, 0.1) is 5.92 Å². The van der Waals surface area contributed by atoms with Crippen molar-refractivity contribution in [2.45, 2.75) is 31.8 Å². The van der Waals surface area contributed by atoms with Crippen molar-refractivity contribution in [3.63, 3.8) is 0 Å². The van der Waals surface area contributed by atoms with Crippen molar-refractivity contribution in [2.24, 2.45) is 5.92 Å². The molecule has 2 atom stereocenters. The normalized spacial score (nSPS) is 20.8. The molecule has 2 amide bonds. The van der Waals surface area contributed by atoms with Crippen LogP contribution in [0.25, 0.3) is 0 Å². The lowest BCUT2D eigenvalue weighted by Crippen LogP contribution is -2.53. The smallest absolute Gasteiger partial charge is 0.410 e. The molecule has 0 radical (unpaired) electrons. The third-order valence-corrected chi connectivity index (χ3v) is 11.6. The molecule has 2 aromatic carbocycles. The maximum Gasteiger partial charge on any atom is 0.410 e. The number of rotatable bonds is 5. The predicted molar refractivity (Wildman–Crippen MR) is 153 cm³/mol. The highest BCUT2D eigenvalue weighted by atomic mass is 32.1. The number of nitrogens with zero attached hydrogens (tertiary/aromatic N) is 3. The van der Waals surface area contributed by atoms with Crippen LogP contribution in [0.5, 0.6) is 0 Å². The van der Waals surface area contributed by atoms with E-state index in [0.29, 0.717) is 25.3 Å². The summed E-state index contributed by atoms with van der Waals surface area (Å²) >= 11 is 7.36. The van der Waals surface area contributed by atoms with Crippen molar-refractivity contribution >= 4 is 53.4 Å². The SMILES string of the molecule is C[Si](C)(C)c1ncc(C23CN(C(=O)OCc4ccccc4)CC2CON3C(=S)NC(=O)c2ccccc2)s1. The monoisotopic (exact) mass is 566 g/mol. The van der Waals surface area contributed by atoms with Gasteiger partial charge in [-0.05, 0) is 29.9 Å². The van der Waals surface area contributed by atoms with Crippen LogP contribution in [0.2, 0.25) is 19.6 Å². The first-order valence-corrected chi connectivity index (χ1v) is 17.2. The molecular formula is C27H30N4O4S2Si. The van der Waals surface area contributed by atoms with Crippen LogP contribution in [0.4, 0.5) is 4.79 Å². The van der Waals surface area contributed by atoms with Gasteiger partial charge in [0.2, 0.25) is 5.11 Å². The van der Waals surface area contributed by atoms with Gasteiger partial charge in [-0.1, -0.05) is 68.2 Å². The molecule has 2 unspecified atom stereocenters. The Balaban J connectivity index is 1.41. The lowest BCUT2D eigenvalue weighted by Gasteiger charge is -2.36. The van der Waals surface area contributed by atoms with Crippen LogP contribution < -0.4 is 9.95 Å². The standard InChI is InChI=1S/C27H30N4O4S2Si/c1-38(2,3)25-28-14-22(37-25)27-18-30(26(33)34-16-19-10-6-4-7-11-19)15-21(27)17-35-31(27)24(36)29-23(32)20-12-8-5-9-13-20/h4-14,21H,15-18H2,1-3H3,(H,29,32,36). The van der Waals surface area contributed by atoms with Crippen molar-refractivity contribution < 1.29 is 19.2 Å². The Hall–Kier alpha value is -3.12. The molecule has 2 aliphatic rings. The zero-order valence-electron chi connectivity index (χ0n) is 21.5. The first-order valence-electron chi connectivity index (χ1n) is 12.4. The molecule has 3 aromatic rings. The quantitative estimate of drug-likeness (QED) is 0.368. The van der Waals surface area contributed by atoms with E-state index in [4.69, 9.17) is 26.8 Å². The highest BCUT2D eigenvalue weighted by molar-refractivity contribution is 7.80. The van der Waals surface area contributed by atoms with E-state index in [2.05, 4.69) is 25.0 Å². The van der Waals surface area contributed by atoms with Gasteiger partial charge < -0.3 is 9.64 Å². The molecule has 2 aliphatic heterocycles. The van der Waals surface area contributed by atoms with Crippen LogP contribution in [0.15, 0.2) is 66.9 Å². The molecule has 0 spiro atoms. The summed E-state index contributed by atoms with van der Waals surface area (Å²) < 4.78 is 6.76. The molecule has 0 saturated carbocycles. The minimum absolute atomic E-state index is 0.0757. The Bertz CT molecular complexity index is 1330. The largest absolute Gasteiger partial charge is 0.445 e. The van der Waals surface area contributed by atoms with Crippen molar-refractivity contribution in [2.75, 3.05) is 19.7 Å². The van der Waals surface area contributed by atoms with Crippen molar-refractivity contribution in [3.8, 4) is 0 Å². The first-order chi connectivity index (χ1) is 18.2. The van der Waals surface area contributed by atoms with Crippen molar-refractivity contribution in [1.29, 1.82) is 0 Å². The molecule has 5 rings (SSSR count). The molecule has 2 fully saturated rings. The number of ether oxygens (including phenoxy) is 1. The lowest BCUT2D eigenvalue weighted by atomic mass is 9.87. The fourth-order valence-corrected chi connectivity index (χ4v) is 8.03. The summed E-state index contributed by atoms with van der Waals surface area (Å²) in [6, 6.07) is 18.5. The average molecular weight is 567 g/mol. The molecule has 198 valence electrons. The van der Waals surface area contributed by atoms with Gasteiger partial charge in [-0.15, -0.1) is 11.3 Å². The van der Waals surface area contributed by atoms with E-state index in [-0.39, 0.29) is 23.5 Å². The van der Waals surface area contributed by atoms with Gasteiger partial charge >= 0.3 is 6.09 Å². The Morgan fingerprint density at radius 2 is 1.84 bits per heavy atom. The fraction of sp³-hybridized carbons (Fsp3) is 0.333. The molecule has 8 nitrogen and oxygen atoms in total. The minimum atomic E-state index is -1.68. The zero-order valence-corrected chi connectivity index (χ0v) is 24.2. The Morgan fingerprint density at radius 3 is 2.50 bits per heavy atom. The number of amides is 2. The van der Waals surface area contributed by atoms with Gasteiger partial charge in [0.25, 0.3) is 5.91 Å². The number of benzene rings is 2. The maximum absolute atomic E-state index is 13.2. The summed E-state index contributed by atoms with van der Waals surface area (Å²) in [4.78, 5) is 39.6. The number of hydrogen-bond donors (Lipinski definition) is 1. The summed E-state index contributed by atoms with van der Waals surface area (Å²) in [7, 11) is -1.68. The Morgan fingerprint density at radius 1 is 1.16 bits per heavy atom. The van der Waals surface area contributed by atoms with Gasteiger partial charge in [0.05, 0.1) is 22.7 Å². The molecule has 0 bridgehead atoms. The molecular weight excluding hydrogens is 537 g/mol. The Labute approximate surface area is 232 Å².